The number of fused-ring (bicyclic) bond motifs is 1. The van der Waals surface area contributed by atoms with E-state index in [2.05, 4.69) is 49.7 Å². The lowest BCUT2D eigenvalue weighted by Crippen LogP contribution is -2.33. The van der Waals surface area contributed by atoms with Crippen LogP contribution in [0, 0.1) is 6.92 Å². The smallest absolute Gasteiger partial charge is 0.327 e. The van der Waals surface area contributed by atoms with Crippen molar-refractivity contribution in [2.45, 2.75) is 52.9 Å². The molecular formula is C27H32N6O4. The second-order valence-corrected chi connectivity index (χ2v) is 8.89. The van der Waals surface area contributed by atoms with Crippen molar-refractivity contribution in [3.8, 4) is 5.75 Å². The molecule has 0 aliphatic carbocycles. The summed E-state index contributed by atoms with van der Waals surface area (Å²) in [4.78, 5) is 30.4. The molecule has 0 aliphatic rings. The van der Waals surface area contributed by atoms with E-state index in [1.165, 1.54) is 10.2 Å². The van der Waals surface area contributed by atoms with Crippen LogP contribution in [0.3, 0.4) is 0 Å². The van der Waals surface area contributed by atoms with E-state index in [0.717, 1.165) is 16.5 Å². The quantitative estimate of drug-likeness (QED) is 0.308. The van der Waals surface area contributed by atoms with E-state index >= 15 is 0 Å². The van der Waals surface area contributed by atoms with Crippen molar-refractivity contribution in [2.24, 2.45) is 0 Å². The topological polar surface area (TPSA) is 115 Å². The first-order chi connectivity index (χ1) is 17.9. The van der Waals surface area contributed by atoms with Gasteiger partial charge in [-0.2, -0.15) is 0 Å². The molecule has 0 fully saturated rings. The SMILES string of the molecule is CCOC(=O)Cn1nnnc1[C@@H](CC)N(Cc1ccc(C)cc1)Cc1cc2cc(OC)ccc2[nH]c1=O. The Bertz CT molecular complexity index is 1410. The molecular weight excluding hydrogens is 472 g/mol. The number of H-pyrrole nitrogens is 1. The molecule has 0 unspecified atom stereocenters. The largest absolute Gasteiger partial charge is 0.497 e. The molecule has 0 saturated heterocycles. The molecule has 2 heterocycles. The van der Waals surface area contributed by atoms with Gasteiger partial charge in [-0.1, -0.05) is 36.8 Å². The average molecular weight is 505 g/mol. The molecule has 4 aromatic rings. The summed E-state index contributed by atoms with van der Waals surface area (Å²) < 4.78 is 11.9. The first-order valence-corrected chi connectivity index (χ1v) is 12.3. The summed E-state index contributed by atoms with van der Waals surface area (Å²) in [5.74, 6) is 0.851. The number of hydrogen-bond acceptors (Lipinski definition) is 8. The number of carbonyl (C=O) groups is 1. The normalized spacial score (nSPS) is 12.1. The number of esters is 1. The third kappa shape index (κ3) is 6.21. The molecule has 4 rings (SSSR count). The van der Waals surface area contributed by atoms with Crippen LogP contribution in [-0.4, -0.2) is 49.8 Å². The van der Waals surface area contributed by atoms with E-state index in [1.807, 2.05) is 38.1 Å². The van der Waals surface area contributed by atoms with Gasteiger partial charge in [0.2, 0.25) is 0 Å². The molecule has 194 valence electrons. The molecule has 10 nitrogen and oxygen atoms in total. The van der Waals surface area contributed by atoms with Gasteiger partial charge in [0.25, 0.3) is 5.56 Å². The van der Waals surface area contributed by atoms with E-state index < -0.39 is 5.97 Å². The zero-order valence-electron chi connectivity index (χ0n) is 21.6. The number of nitrogens with one attached hydrogen (secondary N) is 1. The van der Waals surface area contributed by atoms with Crippen LogP contribution in [0.2, 0.25) is 0 Å². The maximum Gasteiger partial charge on any atom is 0.327 e. The number of tetrazole rings is 1. The predicted octanol–water partition coefficient (Wildman–Crippen LogP) is 3.55. The summed E-state index contributed by atoms with van der Waals surface area (Å²) >= 11 is 0. The number of carbonyl (C=O) groups excluding carboxylic acids is 1. The highest BCUT2D eigenvalue weighted by Crippen LogP contribution is 2.27. The van der Waals surface area contributed by atoms with Crippen LogP contribution in [0.5, 0.6) is 5.75 Å². The summed E-state index contributed by atoms with van der Waals surface area (Å²) in [6, 6.07) is 15.5. The molecule has 1 atom stereocenters. The molecule has 0 amide bonds. The third-order valence-corrected chi connectivity index (χ3v) is 6.28. The van der Waals surface area contributed by atoms with Crippen molar-refractivity contribution < 1.29 is 14.3 Å². The number of methoxy groups -OCH3 is 1. The monoisotopic (exact) mass is 504 g/mol. The van der Waals surface area contributed by atoms with Crippen molar-refractivity contribution in [1.29, 1.82) is 0 Å². The van der Waals surface area contributed by atoms with Crippen molar-refractivity contribution in [3.63, 3.8) is 0 Å². The van der Waals surface area contributed by atoms with Crippen LogP contribution < -0.4 is 10.3 Å². The van der Waals surface area contributed by atoms with Gasteiger partial charge in [0, 0.05) is 29.6 Å². The zero-order valence-corrected chi connectivity index (χ0v) is 21.6. The summed E-state index contributed by atoms with van der Waals surface area (Å²) in [5.41, 5.74) is 3.45. The lowest BCUT2D eigenvalue weighted by atomic mass is 10.1. The third-order valence-electron chi connectivity index (χ3n) is 6.28. The van der Waals surface area contributed by atoms with Gasteiger partial charge in [0.15, 0.2) is 5.82 Å². The summed E-state index contributed by atoms with van der Waals surface area (Å²) in [5, 5.41) is 13.0. The lowest BCUT2D eigenvalue weighted by Gasteiger charge is -2.30. The van der Waals surface area contributed by atoms with Crippen molar-refractivity contribution >= 4 is 16.9 Å². The fourth-order valence-electron chi connectivity index (χ4n) is 4.39. The Morgan fingerprint density at radius 2 is 1.89 bits per heavy atom. The number of pyridine rings is 1. The van der Waals surface area contributed by atoms with Gasteiger partial charge in [-0.25, -0.2) is 4.68 Å². The number of benzene rings is 2. The Morgan fingerprint density at radius 3 is 2.59 bits per heavy atom. The first-order valence-electron chi connectivity index (χ1n) is 12.3. The van der Waals surface area contributed by atoms with Gasteiger partial charge in [-0.05, 0) is 60.5 Å². The highest BCUT2D eigenvalue weighted by molar-refractivity contribution is 5.80. The van der Waals surface area contributed by atoms with E-state index in [0.29, 0.717) is 36.6 Å². The number of aryl methyl sites for hydroxylation is 1. The number of aromatic amines is 1. The second-order valence-electron chi connectivity index (χ2n) is 8.89. The van der Waals surface area contributed by atoms with E-state index in [-0.39, 0.29) is 24.8 Å². The minimum Gasteiger partial charge on any atom is -0.497 e. The summed E-state index contributed by atoms with van der Waals surface area (Å²) in [6.45, 7) is 6.94. The molecule has 37 heavy (non-hydrogen) atoms. The fourth-order valence-corrected chi connectivity index (χ4v) is 4.39. The number of nitrogens with zero attached hydrogens (tertiary/aromatic N) is 5. The van der Waals surface area contributed by atoms with Crippen LogP contribution >= 0.6 is 0 Å². The molecule has 1 N–H and O–H groups in total. The van der Waals surface area contributed by atoms with Crippen LogP contribution in [-0.2, 0) is 29.2 Å². The maximum atomic E-state index is 13.1. The molecule has 2 aromatic carbocycles. The maximum absolute atomic E-state index is 13.1. The van der Waals surface area contributed by atoms with E-state index in [1.54, 1.807) is 14.0 Å². The average Bonchev–Trinajstić information content (AvgIpc) is 3.33. The van der Waals surface area contributed by atoms with Crippen LogP contribution in [0.4, 0.5) is 0 Å². The van der Waals surface area contributed by atoms with Gasteiger partial charge in [0.1, 0.15) is 12.3 Å². The zero-order chi connectivity index (χ0) is 26.4. The Kier molecular flexibility index (Phi) is 8.29. The van der Waals surface area contributed by atoms with Crippen molar-refractivity contribution in [3.05, 3.63) is 81.4 Å². The molecule has 0 saturated carbocycles. The van der Waals surface area contributed by atoms with Crippen LogP contribution in [0.15, 0.2) is 53.3 Å². The van der Waals surface area contributed by atoms with Crippen LogP contribution in [0.1, 0.15) is 48.8 Å². The summed E-state index contributed by atoms with van der Waals surface area (Å²) in [7, 11) is 1.61. The Hall–Kier alpha value is -4.05. The van der Waals surface area contributed by atoms with Gasteiger partial charge in [0.05, 0.1) is 19.8 Å². The highest BCUT2D eigenvalue weighted by atomic mass is 16.5. The minimum absolute atomic E-state index is 0.0819. The summed E-state index contributed by atoms with van der Waals surface area (Å²) in [6.07, 6.45) is 0.661. The Morgan fingerprint density at radius 1 is 1.11 bits per heavy atom. The van der Waals surface area contributed by atoms with E-state index in [4.69, 9.17) is 9.47 Å². The molecule has 0 aliphatic heterocycles. The molecule has 10 heteroatoms. The molecule has 0 spiro atoms. The van der Waals surface area contributed by atoms with Crippen molar-refractivity contribution in [1.82, 2.24) is 30.1 Å². The number of aromatic nitrogens is 5. The van der Waals surface area contributed by atoms with Gasteiger partial charge >= 0.3 is 5.97 Å². The number of ether oxygens (including phenoxy) is 2. The van der Waals surface area contributed by atoms with Gasteiger partial charge in [-0.15, -0.1) is 5.10 Å². The second kappa shape index (κ2) is 11.8. The Balaban J connectivity index is 1.72. The molecule has 0 radical (unpaired) electrons. The van der Waals surface area contributed by atoms with Gasteiger partial charge < -0.3 is 14.5 Å². The first kappa shape index (κ1) is 26.0. The Labute approximate surface area is 215 Å². The van der Waals surface area contributed by atoms with E-state index in [9.17, 15) is 9.59 Å². The number of hydrogen-bond donors (Lipinski definition) is 1. The van der Waals surface area contributed by atoms with Crippen molar-refractivity contribution in [2.75, 3.05) is 13.7 Å². The fraction of sp³-hybridized carbons (Fsp3) is 0.370. The highest BCUT2D eigenvalue weighted by Gasteiger charge is 2.27. The standard InChI is InChI=1S/C27H32N6O4/c1-5-24(26-29-30-31-33(26)17-25(34)37-6-2)32(15-19-9-7-18(3)8-10-19)16-21-13-20-14-22(36-4)11-12-23(20)28-27(21)35/h7-14,24H,5-6,15-17H2,1-4H3,(H,28,35)/t24-/m1/s1. The predicted molar refractivity (Wildman–Crippen MR) is 139 cm³/mol. The minimum atomic E-state index is -0.407. The van der Waals surface area contributed by atoms with Crippen LogP contribution in [0.25, 0.3) is 10.9 Å². The molecule has 2 aromatic heterocycles. The lowest BCUT2D eigenvalue weighted by molar-refractivity contribution is -0.144. The van der Waals surface area contributed by atoms with Gasteiger partial charge in [-0.3, -0.25) is 14.5 Å². The number of rotatable bonds is 11. The molecule has 0 bridgehead atoms.